The highest BCUT2D eigenvalue weighted by Crippen LogP contribution is 2.41. The molecule has 0 N–H and O–H groups in total. The van der Waals surface area contributed by atoms with Gasteiger partial charge in [0.25, 0.3) is 5.69 Å². The van der Waals surface area contributed by atoms with Crippen LogP contribution in [0.15, 0.2) is 76.6 Å². The van der Waals surface area contributed by atoms with Crippen molar-refractivity contribution in [2.24, 2.45) is 0 Å². The van der Waals surface area contributed by atoms with E-state index < -0.39 is 0 Å². The number of nitro groups is 1. The van der Waals surface area contributed by atoms with Gasteiger partial charge in [0.1, 0.15) is 0 Å². The third kappa shape index (κ3) is 4.15. The molecule has 0 heterocycles. The number of para-hydroxylation sites is 1. The number of benzene rings is 1. The van der Waals surface area contributed by atoms with Gasteiger partial charge in [-0.2, -0.15) is 0 Å². The first-order valence-electron chi connectivity index (χ1n) is 5.57. The van der Waals surface area contributed by atoms with E-state index in [9.17, 15) is 10.1 Å². The van der Waals surface area contributed by atoms with Gasteiger partial charge in [-0.1, -0.05) is 53.3 Å². The predicted molar refractivity (Wildman–Crippen MR) is 82.0 cm³/mol. The molecule has 1 aliphatic carbocycles. The highest BCUT2D eigenvalue weighted by atomic mass is 33.1. The van der Waals surface area contributed by atoms with Crippen LogP contribution in [0.4, 0.5) is 5.69 Å². The van der Waals surface area contributed by atoms with E-state index in [-0.39, 0.29) is 10.6 Å². The summed E-state index contributed by atoms with van der Waals surface area (Å²) in [5.41, 5.74) is 0.144. The molecule has 5 heteroatoms. The van der Waals surface area contributed by atoms with Crippen LogP contribution in [0.3, 0.4) is 0 Å². The van der Waals surface area contributed by atoms with Crippen molar-refractivity contribution in [1.29, 1.82) is 0 Å². The first-order valence-corrected chi connectivity index (χ1v) is 7.72. The van der Waals surface area contributed by atoms with Gasteiger partial charge in [-0.15, -0.1) is 0 Å². The molecule has 96 valence electrons. The zero-order valence-corrected chi connectivity index (χ0v) is 11.6. The second-order valence-electron chi connectivity index (χ2n) is 3.59. The SMILES string of the molecule is O=[N+]([O-])c1ccccc1SSC1=C/C=C\C=C/C=C1. The molecule has 0 saturated heterocycles. The Morgan fingerprint density at radius 2 is 1.68 bits per heavy atom. The van der Waals surface area contributed by atoms with E-state index in [0.29, 0.717) is 4.90 Å². The van der Waals surface area contributed by atoms with Crippen molar-refractivity contribution in [3.05, 3.63) is 81.8 Å². The summed E-state index contributed by atoms with van der Waals surface area (Å²) in [6.07, 6.45) is 13.7. The van der Waals surface area contributed by atoms with Gasteiger partial charge >= 0.3 is 0 Å². The van der Waals surface area contributed by atoms with Gasteiger partial charge in [0.05, 0.1) is 9.82 Å². The van der Waals surface area contributed by atoms with Crippen LogP contribution < -0.4 is 0 Å². The van der Waals surface area contributed by atoms with Crippen LogP contribution in [-0.4, -0.2) is 4.92 Å². The van der Waals surface area contributed by atoms with Crippen LogP contribution in [0.1, 0.15) is 0 Å². The molecule has 0 bridgehead atoms. The normalized spacial score (nSPS) is 17.2. The van der Waals surface area contributed by atoms with Gasteiger partial charge in [-0.25, -0.2) is 0 Å². The molecular weight excluding hydrogens is 278 g/mol. The smallest absolute Gasteiger partial charge is 0.258 e. The summed E-state index contributed by atoms with van der Waals surface area (Å²) in [6, 6.07) is 6.77. The Balaban J connectivity index is 2.09. The van der Waals surface area contributed by atoms with E-state index in [2.05, 4.69) is 0 Å². The van der Waals surface area contributed by atoms with Gasteiger partial charge in [0, 0.05) is 11.0 Å². The summed E-state index contributed by atoms with van der Waals surface area (Å²) in [5, 5.41) is 10.9. The van der Waals surface area contributed by atoms with Crippen LogP contribution in [0.25, 0.3) is 0 Å². The van der Waals surface area contributed by atoms with Crippen LogP contribution in [0.2, 0.25) is 0 Å². The maximum atomic E-state index is 10.9. The first-order chi connectivity index (χ1) is 9.27. The summed E-state index contributed by atoms with van der Waals surface area (Å²) in [5.74, 6) is 0. The van der Waals surface area contributed by atoms with Crippen molar-refractivity contribution in [1.82, 2.24) is 0 Å². The van der Waals surface area contributed by atoms with E-state index in [0.717, 1.165) is 4.91 Å². The molecule has 0 atom stereocenters. The summed E-state index contributed by atoms with van der Waals surface area (Å²) in [4.78, 5) is 12.3. The van der Waals surface area contributed by atoms with Crippen molar-refractivity contribution >= 4 is 27.3 Å². The van der Waals surface area contributed by atoms with Crippen LogP contribution in [0, 0.1) is 10.1 Å². The number of rotatable bonds is 4. The molecule has 0 spiro atoms. The summed E-state index contributed by atoms with van der Waals surface area (Å²) in [7, 11) is 2.90. The van der Waals surface area contributed by atoms with E-state index >= 15 is 0 Å². The first kappa shape index (κ1) is 13.7. The maximum absolute atomic E-state index is 10.9. The standard InChI is InChI=1S/C14H11NO2S2/c16-15(17)13-10-6-7-11-14(13)19-18-12-8-4-2-1-3-5-9-12/h1-11H/b2-1-,3-1?,4-2?,5-3-,8-4?,9-5?,12-8?,12-9?. The maximum Gasteiger partial charge on any atom is 0.283 e. The zero-order valence-electron chi connectivity index (χ0n) is 9.93. The van der Waals surface area contributed by atoms with Gasteiger partial charge in [0.2, 0.25) is 0 Å². The van der Waals surface area contributed by atoms with E-state index in [1.807, 2.05) is 42.5 Å². The zero-order chi connectivity index (χ0) is 13.5. The quantitative estimate of drug-likeness (QED) is 0.449. The highest BCUT2D eigenvalue weighted by Gasteiger charge is 2.13. The lowest BCUT2D eigenvalue weighted by Crippen LogP contribution is -1.89. The fourth-order valence-corrected chi connectivity index (χ4v) is 3.51. The molecule has 0 aromatic heterocycles. The molecule has 1 aromatic carbocycles. The number of hydrogen-bond donors (Lipinski definition) is 0. The number of nitrogens with zero attached hydrogens (tertiary/aromatic N) is 1. The number of nitro benzene ring substituents is 1. The fourth-order valence-electron chi connectivity index (χ4n) is 1.38. The average molecular weight is 289 g/mol. The molecule has 0 amide bonds. The number of allylic oxidation sites excluding steroid dienone is 7. The minimum Gasteiger partial charge on any atom is -0.258 e. The second-order valence-corrected chi connectivity index (χ2v) is 5.83. The monoisotopic (exact) mass is 289 g/mol. The van der Waals surface area contributed by atoms with E-state index in [4.69, 9.17) is 0 Å². The second kappa shape index (κ2) is 7.01. The molecule has 0 saturated carbocycles. The van der Waals surface area contributed by atoms with Gasteiger partial charge in [-0.05, 0) is 29.0 Å². The molecule has 2 rings (SSSR count). The molecule has 1 aliphatic rings. The summed E-state index contributed by atoms with van der Waals surface area (Å²) >= 11 is 0. The lowest BCUT2D eigenvalue weighted by atomic mass is 10.3. The van der Waals surface area contributed by atoms with Gasteiger partial charge in [-0.3, -0.25) is 10.1 Å². The van der Waals surface area contributed by atoms with Crippen LogP contribution in [0.5, 0.6) is 0 Å². The molecule has 1 aromatic rings. The lowest BCUT2D eigenvalue weighted by molar-refractivity contribution is -0.387. The van der Waals surface area contributed by atoms with Gasteiger partial charge < -0.3 is 0 Å². The van der Waals surface area contributed by atoms with Crippen LogP contribution >= 0.6 is 21.6 Å². The summed E-state index contributed by atoms with van der Waals surface area (Å²) in [6.45, 7) is 0. The minimum absolute atomic E-state index is 0.144. The van der Waals surface area contributed by atoms with Crippen molar-refractivity contribution in [3.8, 4) is 0 Å². The lowest BCUT2D eigenvalue weighted by Gasteiger charge is -2.03. The molecule has 0 aliphatic heterocycles. The molecular formula is C14H11NO2S2. The Kier molecular flexibility index (Phi) is 5.06. The van der Waals surface area contributed by atoms with Gasteiger partial charge in [0.15, 0.2) is 0 Å². The molecule has 0 radical (unpaired) electrons. The Labute approximate surface area is 119 Å². The molecule has 3 nitrogen and oxygen atoms in total. The Morgan fingerprint density at radius 1 is 0.947 bits per heavy atom. The minimum atomic E-state index is -0.353. The van der Waals surface area contributed by atoms with Crippen molar-refractivity contribution in [2.75, 3.05) is 0 Å². The number of hydrogen-bond acceptors (Lipinski definition) is 4. The highest BCUT2D eigenvalue weighted by molar-refractivity contribution is 8.78. The van der Waals surface area contributed by atoms with Crippen molar-refractivity contribution in [3.63, 3.8) is 0 Å². The molecule has 0 unspecified atom stereocenters. The Bertz CT molecular complexity index is 589. The fraction of sp³-hybridized carbons (Fsp3) is 0. The average Bonchev–Trinajstić information content (AvgIpc) is 2.37. The molecule has 0 fully saturated rings. The third-order valence-electron chi connectivity index (χ3n) is 2.26. The Hall–Kier alpha value is -1.72. The van der Waals surface area contributed by atoms with E-state index in [1.165, 1.54) is 27.7 Å². The van der Waals surface area contributed by atoms with Crippen molar-refractivity contribution < 1.29 is 4.92 Å². The largest absolute Gasteiger partial charge is 0.283 e. The Morgan fingerprint density at radius 3 is 2.53 bits per heavy atom. The summed E-state index contributed by atoms with van der Waals surface area (Å²) < 4.78 is 0. The third-order valence-corrected chi connectivity index (χ3v) is 4.69. The topological polar surface area (TPSA) is 43.1 Å². The van der Waals surface area contributed by atoms with E-state index in [1.54, 1.807) is 18.2 Å². The van der Waals surface area contributed by atoms with Crippen molar-refractivity contribution in [2.45, 2.75) is 4.90 Å². The predicted octanol–water partition coefficient (Wildman–Crippen LogP) is 4.90. The molecule has 19 heavy (non-hydrogen) atoms. The van der Waals surface area contributed by atoms with Crippen LogP contribution in [-0.2, 0) is 0 Å².